The minimum atomic E-state index is -2.91. The molecule has 0 aliphatic rings. The molecule has 3 rings (SSSR count). The number of benzene rings is 1. The average Bonchev–Trinajstić information content (AvgIpc) is 2.74. The van der Waals surface area contributed by atoms with E-state index in [0.717, 1.165) is 12.4 Å². The quantitative estimate of drug-likeness (QED) is 0.432. The molecule has 0 fully saturated rings. The summed E-state index contributed by atoms with van der Waals surface area (Å²) in [5, 5.41) is 2.21. The first kappa shape index (κ1) is 22.3. The molecule has 3 aromatic rings. The number of carbonyl (C=O) groups is 2. The summed E-state index contributed by atoms with van der Waals surface area (Å²) < 4.78 is 37.4. The molecule has 0 saturated carbocycles. The molecule has 168 valence electrons. The third kappa shape index (κ3) is 4.69. The number of nitrogens with zero attached hydrogens (tertiary/aromatic N) is 4. The molecule has 1 aromatic carbocycles. The van der Waals surface area contributed by atoms with Crippen LogP contribution in [0.15, 0.2) is 29.3 Å². The van der Waals surface area contributed by atoms with Gasteiger partial charge in [0, 0.05) is 12.4 Å². The number of ether oxygens (including phenoxy) is 2. The van der Waals surface area contributed by atoms with Crippen LogP contribution >= 0.6 is 0 Å². The Labute approximate surface area is 178 Å². The van der Waals surface area contributed by atoms with Crippen LogP contribution in [0.2, 0.25) is 0 Å². The minimum absolute atomic E-state index is 0.0292. The van der Waals surface area contributed by atoms with Crippen molar-refractivity contribution < 1.29 is 27.8 Å². The Morgan fingerprint density at radius 2 is 1.94 bits per heavy atom. The number of alkyl halides is 2. The number of amides is 2. The number of fused-ring (bicyclic) bond motifs is 1. The fourth-order valence-corrected chi connectivity index (χ4v) is 2.74. The van der Waals surface area contributed by atoms with Gasteiger partial charge in [0.25, 0.3) is 23.8 Å². The first-order valence-corrected chi connectivity index (χ1v) is 8.91. The van der Waals surface area contributed by atoms with E-state index in [1.807, 2.05) is 0 Å². The van der Waals surface area contributed by atoms with E-state index in [9.17, 15) is 23.2 Å². The van der Waals surface area contributed by atoms with Crippen LogP contribution in [-0.4, -0.2) is 51.5 Å². The van der Waals surface area contributed by atoms with Gasteiger partial charge in [-0.1, -0.05) is 0 Å². The molecule has 2 heterocycles. The lowest BCUT2D eigenvalue weighted by Gasteiger charge is -2.16. The van der Waals surface area contributed by atoms with Crippen molar-refractivity contribution in [3.05, 3.63) is 40.4 Å². The van der Waals surface area contributed by atoms with Gasteiger partial charge in [-0.15, -0.1) is 0 Å². The number of carbonyl (C=O) groups excluding carboxylic acids is 2. The lowest BCUT2D eigenvalue weighted by atomic mass is 10.2. The highest BCUT2D eigenvalue weighted by Gasteiger charge is 2.21. The average molecular weight is 449 g/mol. The predicted molar refractivity (Wildman–Crippen MR) is 108 cm³/mol. The highest BCUT2D eigenvalue weighted by atomic mass is 19.3. The van der Waals surface area contributed by atoms with Crippen molar-refractivity contribution in [1.29, 1.82) is 0 Å². The maximum atomic E-state index is 13.1. The SMILES string of the molecule is COc1c(OCC(N)=O)ccc2c(=O)n(CC(F)F)c(NC(=O)c3cnc(N)nc3)nc12. The number of aromatic nitrogens is 4. The van der Waals surface area contributed by atoms with Crippen LogP contribution in [0.1, 0.15) is 10.4 Å². The zero-order chi connectivity index (χ0) is 23.4. The van der Waals surface area contributed by atoms with Gasteiger partial charge in [0.1, 0.15) is 5.52 Å². The monoisotopic (exact) mass is 449 g/mol. The molecule has 14 heteroatoms. The molecule has 2 aromatic heterocycles. The summed E-state index contributed by atoms with van der Waals surface area (Å²) in [5.74, 6) is -2.16. The van der Waals surface area contributed by atoms with E-state index >= 15 is 0 Å². The van der Waals surface area contributed by atoms with Crippen LogP contribution in [-0.2, 0) is 11.3 Å². The van der Waals surface area contributed by atoms with Crippen molar-refractivity contribution >= 4 is 34.6 Å². The molecule has 0 radical (unpaired) electrons. The van der Waals surface area contributed by atoms with E-state index in [1.165, 1.54) is 19.2 Å². The second-order valence-electron chi connectivity index (χ2n) is 6.27. The van der Waals surface area contributed by atoms with Gasteiger partial charge in [0.15, 0.2) is 18.1 Å². The van der Waals surface area contributed by atoms with Crippen LogP contribution in [0.4, 0.5) is 20.7 Å². The van der Waals surface area contributed by atoms with Crippen molar-refractivity contribution in [3.63, 3.8) is 0 Å². The largest absolute Gasteiger partial charge is 0.491 e. The molecule has 0 unspecified atom stereocenters. The number of nitrogens with two attached hydrogens (primary N) is 2. The normalized spacial score (nSPS) is 10.9. The molecule has 12 nitrogen and oxygen atoms in total. The molecular weight excluding hydrogens is 432 g/mol. The molecule has 0 aliphatic heterocycles. The number of anilines is 2. The van der Waals surface area contributed by atoms with Gasteiger partial charge in [-0.3, -0.25) is 24.3 Å². The molecule has 0 bridgehead atoms. The molecule has 2 amide bonds. The fraction of sp³-hybridized carbons (Fsp3) is 0.222. The highest BCUT2D eigenvalue weighted by Crippen LogP contribution is 2.34. The second kappa shape index (κ2) is 9.20. The number of hydrogen-bond acceptors (Lipinski definition) is 9. The Balaban J connectivity index is 2.15. The van der Waals surface area contributed by atoms with E-state index in [4.69, 9.17) is 20.9 Å². The summed E-state index contributed by atoms with van der Waals surface area (Å²) in [5.41, 5.74) is 9.44. The van der Waals surface area contributed by atoms with E-state index in [2.05, 4.69) is 20.3 Å². The van der Waals surface area contributed by atoms with Crippen LogP contribution in [0.25, 0.3) is 10.9 Å². The highest BCUT2D eigenvalue weighted by molar-refractivity contribution is 6.03. The Kier molecular flexibility index (Phi) is 6.42. The predicted octanol–water partition coefficient (Wildman–Crippen LogP) is 0.159. The Morgan fingerprint density at radius 1 is 1.25 bits per heavy atom. The van der Waals surface area contributed by atoms with Crippen molar-refractivity contribution in [2.45, 2.75) is 13.0 Å². The molecular formula is C18H17F2N7O5. The summed E-state index contributed by atoms with van der Waals surface area (Å²) in [6, 6.07) is 2.58. The number of hydrogen-bond donors (Lipinski definition) is 3. The Hall–Kier alpha value is -4.36. The smallest absolute Gasteiger partial charge is 0.263 e. The molecule has 0 spiro atoms. The first-order chi connectivity index (χ1) is 15.2. The van der Waals surface area contributed by atoms with Crippen molar-refractivity contribution in [2.75, 3.05) is 24.8 Å². The summed E-state index contributed by atoms with van der Waals surface area (Å²) in [4.78, 5) is 48.0. The number of primary amides is 1. The van der Waals surface area contributed by atoms with Crippen molar-refractivity contribution in [2.24, 2.45) is 5.73 Å². The Morgan fingerprint density at radius 3 is 2.53 bits per heavy atom. The third-order valence-corrected chi connectivity index (χ3v) is 4.10. The summed E-state index contributed by atoms with van der Waals surface area (Å²) in [7, 11) is 1.25. The van der Waals surface area contributed by atoms with Crippen molar-refractivity contribution in [3.8, 4) is 11.5 Å². The number of methoxy groups -OCH3 is 1. The maximum absolute atomic E-state index is 13.1. The van der Waals surface area contributed by atoms with Crippen LogP contribution in [0.3, 0.4) is 0 Å². The van der Waals surface area contributed by atoms with Gasteiger partial charge in [-0.25, -0.2) is 23.7 Å². The zero-order valence-corrected chi connectivity index (χ0v) is 16.5. The van der Waals surface area contributed by atoms with Gasteiger partial charge in [-0.2, -0.15) is 0 Å². The third-order valence-electron chi connectivity index (χ3n) is 4.10. The number of halogens is 2. The summed E-state index contributed by atoms with van der Waals surface area (Å²) in [6.07, 6.45) is -0.683. The number of nitrogen functional groups attached to an aromatic ring is 1. The van der Waals surface area contributed by atoms with Gasteiger partial charge >= 0.3 is 0 Å². The van der Waals surface area contributed by atoms with Crippen LogP contribution in [0.5, 0.6) is 11.5 Å². The summed E-state index contributed by atoms with van der Waals surface area (Å²) in [6.45, 7) is -1.51. The van der Waals surface area contributed by atoms with E-state index in [0.29, 0.717) is 4.57 Å². The molecule has 0 saturated heterocycles. The van der Waals surface area contributed by atoms with Crippen molar-refractivity contribution in [1.82, 2.24) is 19.5 Å². The lowest BCUT2D eigenvalue weighted by molar-refractivity contribution is -0.119. The van der Waals surface area contributed by atoms with Gasteiger partial charge in [0.05, 0.1) is 24.6 Å². The topological polar surface area (TPSA) is 177 Å². The maximum Gasteiger partial charge on any atom is 0.263 e. The standard InChI is InChI=1S/C18H17F2N7O5/c1-31-14-10(32-7-12(21)28)3-2-9-13(14)25-18(27(16(9)30)6-11(19)20)26-15(29)8-4-23-17(22)24-5-8/h2-5,11H,6-7H2,1H3,(H2,21,28)(H2,22,23,24)(H,25,26,29). The Bertz CT molecular complexity index is 1230. The van der Waals surface area contributed by atoms with E-state index < -0.39 is 42.9 Å². The molecule has 0 aliphatic carbocycles. The zero-order valence-electron chi connectivity index (χ0n) is 16.5. The fourth-order valence-electron chi connectivity index (χ4n) is 2.74. The second-order valence-corrected chi connectivity index (χ2v) is 6.27. The molecule has 32 heavy (non-hydrogen) atoms. The number of nitrogens with one attached hydrogen (secondary N) is 1. The van der Waals surface area contributed by atoms with Gasteiger partial charge < -0.3 is 20.9 Å². The lowest BCUT2D eigenvalue weighted by Crippen LogP contribution is -2.29. The van der Waals surface area contributed by atoms with E-state index in [1.54, 1.807) is 0 Å². The van der Waals surface area contributed by atoms with Crippen LogP contribution in [0, 0.1) is 0 Å². The minimum Gasteiger partial charge on any atom is -0.491 e. The van der Waals surface area contributed by atoms with Crippen LogP contribution < -0.4 is 31.8 Å². The molecule has 0 atom stereocenters. The summed E-state index contributed by atoms with van der Waals surface area (Å²) >= 11 is 0. The van der Waals surface area contributed by atoms with Gasteiger partial charge in [0.2, 0.25) is 11.9 Å². The number of rotatable bonds is 8. The van der Waals surface area contributed by atoms with Gasteiger partial charge in [-0.05, 0) is 12.1 Å². The molecule has 5 N–H and O–H groups in total. The van der Waals surface area contributed by atoms with E-state index in [-0.39, 0.29) is 33.9 Å². The first-order valence-electron chi connectivity index (χ1n) is 8.91.